The largest absolute Gasteiger partial charge is 0.450 e. The lowest BCUT2D eigenvalue weighted by Gasteiger charge is -2.35. The van der Waals surface area contributed by atoms with Gasteiger partial charge in [-0.2, -0.15) is 0 Å². The fourth-order valence-electron chi connectivity index (χ4n) is 3.59. The molecule has 3 rings (SSSR count). The van der Waals surface area contributed by atoms with Gasteiger partial charge in [0.1, 0.15) is 5.82 Å². The van der Waals surface area contributed by atoms with Crippen LogP contribution in [0.4, 0.5) is 21.1 Å². The van der Waals surface area contributed by atoms with Gasteiger partial charge < -0.3 is 19.9 Å². The van der Waals surface area contributed by atoms with Gasteiger partial charge >= 0.3 is 12.1 Å². The van der Waals surface area contributed by atoms with Crippen molar-refractivity contribution in [3.63, 3.8) is 0 Å². The van der Waals surface area contributed by atoms with E-state index < -0.39 is 0 Å². The van der Waals surface area contributed by atoms with Crippen LogP contribution in [0, 0.1) is 0 Å². The molecule has 1 aromatic heterocycles. The van der Waals surface area contributed by atoms with Gasteiger partial charge in [-0.15, -0.1) is 0 Å². The number of hydrogen-bond acceptors (Lipinski definition) is 5. The highest BCUT2D eigenvalue weighted by Gasteiger charge is 2.22. The van der Waals surface area contributed by atoms with Crippen molar-refractivity contribution in [2.45, 2.75) is 45.1 Å². The third-order valence-corrected chi connectivity index (χ3v) is 5.10. The number of nitrogens with one attached hydrogen (secondary N) is 2. The monoisotopic (exact) mass is 375 g/mol. The van der Waals surface area contributed by atoms with Crippen molar-refractivity contribution in [2.24, 2.45) is 0 Å². The third kappa shape index (κ3) is 5.48. The molecule has 0 spiro atoms. The first kappa shape index (κ1) is 19.3. The number of carbonyl (C=O) groups excluding carboxylic acids is 2. The third-order valence-electron chi connectivity index (χ3n) is 5.10. The molecular formula is C19H29N5O3. The molecule has 8 heteroatoms. The van der Waals surface area contributed by atoms with Gasteiger partial charge in [0.15, 0.2) is 0 Å². The van der Waals surface area contributed by atoms with Crippen molar-refractivity contribution in [1.82, 2.24) is 15.2 Å². The molecule has 0 atom stereocenters. The van der Waals surface area contributed by atoms with E-state index in [9.17, 15) is 9.59 Å². The molecular weight excluding hydrogens is 346 g/mol. The van der Waals surface area contributed by atoms with Gasteiger partial charge in [-0.25, -0.2) is 14.6 Å². The Hall–Kier alpha value is -2.51. The van der Waals surface area contributed by atoms with E-state index in [4.69, 9.17) is 4.74 Å². The lowest BCUT2D eigenvalue weighted by molar-refractivity contribution is 0.105. The second-order valence-corrected chi connectivity index (χ2v) is 7.01. The summed E-state index contributed by atoms with van der Waals surface area (Å²) < 4.78 is 5.04. The fourth-order valence-corrected chi connectivity index (χ4v) is 3.59. The Balaban J connectivity index is 1.46. The number of aromatic nitrogens is 1. The molecule has 1 saturated carbocycles. The van der Waals surface area contributed by atoms with Crippen LogP contribution in [-0.2, 0) is 4.74 Å². The molecule has 1 aliphatic carbocycles. The van der Waals surface area contributed by atoms with Crippen LogP contribution < -0.4 is 15.5 Å². The number of nitrogens with zero attached hydrogens (tertiary/aromatic N) is 3. The van der Waals surface area contributed by atoms with Crippen LogP contribution in [0.1, 0.15) is 39.0 Å². The summed E-state index contributed by atoms with van der Waals surface area (Å²) in [7, 11) is 0. The Morgan fingerprint density at radius 1 is 1.15 bits per heavy atom. The fraction of sp³-hybridized carbons (Fsp3) is 0.632. The Morgan fingerprint density at radius 3 is 2.52 bits per heavy atom. The van der Waals surface area contributed by atoms with E-state index in [1.165, 1.54) is 19.3 Å². The first-order chi connectivity index (χ1) is 13.2. The number of hydrogen-bond donors (Lipinski definition) is 2. The SMILES string of the molecule is CCOC(=O)N1CCN(c2ccc(NC(=O)NC3CCCCC3)nc2)CC1. The van der Waals surface area contributed by atoms with Gasteiger partial charge in [-0.05, 0) is 31.9 Å². The summed E-state index contributed by atoms with van der Waals surface area (Å²) in [5, 5.41) is 5.83. The maximum absolute atomic E-state index is 12.1. The van der Waals surface area contributed by atoms with Gasteiger partial charge in [0.2, 0.25) is 0 Å². The molecule has 27 heavy (non-hydrogen) atoms. The average molecular weight is 375 g/mol. The van der Waals surface area contributed by atoms with Crippen LogP contribution in [0.3, 0.4) is 0 Å². The predicted molar refractivity (Wildman–Crippen MR) is 104 cm³/mol. The summed E-state index contributed by atoms with van der Waals surface area (Å²) in [6, 6.07) is 3.84. The van der Waals surface area contributed by atoms with Crippen LogP contribution in [0.5, 0.6) is 0 Å². The number of amides is 3. The maximum atomic E-state index is 12.1. The highest BCUT2D eigenvalue weighted by Crippen LogP contribution is 2.19. The summed E-state index contributed by atoms with van der Waals surface area (Å²) in [5.74, 6) is 0.539. The first-order valence-corrected chi connectivity index (χ1v) is 9.86. The molecule has 2 aliphatic rings. The molecule has 1 aliphatic heterocycles. The highest BCUT2D eigenvalue weighted by molar-refractivity contribution is 5.88. The summed E-state index contributed by atoms with van der Waals surface area (Å²) in [4.78, 5) is 32.1. The first-order valence-electron chi connectivity index (χ1n) is 9.86. The van der Waals surface area contributed by atoms with Crippen molar-refractivity contribution in [3.8, 4) is 0 Å². The summed E-state index contributed by atoms with van der Waals surface area (Å²) >= 11 is 0. The van der Waals surface area contributed by atoms with E-state index in [-0.39, 0.29) is 18.2 Å². The molecule has 148 valence electrons. The Kier molecular flexibility index (Phi) is 6.73. The van der Waals surface area contributed by atoms with Gasteiger partial charge in [0, 0.05) is 32.2 Å². The average Bonchev–Trinajstić information content (AvgIpc) is 2.69. The number of urea groups is 1. The highest BCUT2D eigenvalue weighted by atomic mass is 16.6. The normalized spacial score (nSPS) is 18.1. The maximum Gasteiger partial charge on any atom is 0.409 e. The predicted octanol–water partition coefficient (Wildman–Crippen LogP) is 2.81. The van der Waals surface area contributed by atoms with E-state index in [1.807, 2.05) is 19.1 Å². The molecule has 0 aromatic carbocycles. The molecule has 3 amide bonds. The molecule has 1 aromatic rings. The van der Waals surface area contributed by atoms with Gasteiger partial charge in [0.25, 0.3) is 0 Å². The van der Waals surface area contributed by atoms with E-state index in [0.29, 0.717) is 25.5 Å². The van der Waals surface area contributed by atoms with Gasteiger partial charge in [-0.1, -0.05) is 19.3 Å². The number of ether oxygens (including phenoxy) is 1. The van der Waals surface area contributed by atoms with Crippen LogP contribution in [0.15, 0.2) is 18.3 Å². The Labute approximate surface area is 160 Å². The zero-order chi connectivity index (χ0) is 19.1. The topological polar surface area (TPSA) is 86.8 Å². The van der Waals surface area contributed by atoms with E-state index in [0.717, 1.165) is 31.6 Å². The molecule has 8 nitrogen and oxygen atoms in total. The molecule has 0 bridgehead atoms. The molecule has 2 heterocycles. The smallest absolute Gasteiger partial charge is 0.409 e. The zero-order valence-corrected chi connectivity index (χ0v) is 15.9. The van der Waals surface area contributed by atoms with Crippen molar-refractivity contribution in [1.29, 1.82) is 0 Å². The number of anilines is 2. The number of carbonyl (C=O) groups is 2. The van der Waals surface area contributed by atoms with Crippen molar-refractivity contribution in [2.75, 3.05) is 43.0 Å². The second-order valence-electron chi connectivity index (χ2n) is 7.01. The van der Waals surface area contributed by atoms with Gasteiger partial charge in [0.05, 0.1) is 18.5 Å². The molecule has 0 unspecified atom stereocenters. The van der Waals surface area contributed by atoms with Crippen LogP contribution in [0.25, 0.3) is 0 Å². The van der Waals surface area contributed by atoms with E-state index >= 15 is 0 Å². The van der Waals surface area contributed by atoms with Crippen LogP contribution >= 0.6 is 0 Å². The molecule has 1 saturated heterocycles. The second kappa shape index (κ2) is 9.43. The van der Waals surface area contributed by atoms with Crippen molar-refractivity contribution in [3.05, 3.63) is 18.3 Å². The minimum atomic E-state index is -0.251. The summed E-state index contributed by atoms with van der Waals surface area (Å²) in [6.07, 6.45) is 7.24. The van der Waals surface area contributed by atoms with Crippen molar-refractivity contribution >= 4 is 23.6 Å². The Morgan fingerprint density at radius 2 is 1.89 bits per heavy atom. The summed E-state index contributed by atoms with van der Waals surface area (Å²) in [5.41, 5.74) is 0.983. The van der Waals surface area contributed by atoms with Gasteiger partial charge in [-0.3, -0.25) is 5.32 Å². The molecule has 2 fully saturated rings. The number of pyridine rings is 1. The standard InChI is InChI=1S/C19H29N5O3/c1-2-27-19(26)24-12-10-23(11-13-24)16-8-9-17(20-14-16)22-18(25)21-15-6-4-3-5-7-15/h8-9,14-15H,2-7,10-13H2,1H3,(H2,20,21,22,25). The minimum absolute atomic E-state index is 0.190. The van der Waals surface area contributed by atoms with Crippen LogP contribution in [0.2, 0.25) is 0 Å². The minimum Gasteiger partial charge on any atom is -0.450 e. The lowest BCUT2D eigenvalue weighted by atomic mass is 9.96. The number of rotatable bonds is 4. The quantitative estimate of drug-likeness (QED) is 0.845. The van der Waals surface area contributed by atoms with E-state index in [1.54, 1.807) is 11.1 Å². The van der Waals surface area contributed by atoms with Crippen LogP contribution in [-0.4, -0.2) is 60.8 Å². The summed E-state index contributed by atoms with van der Waals surface area (Å²) in [6.45, 7) is 4.92. The molecule has 0 radical (unpaired) electrons. The zero-order valence-electron chi connectivity index (χ0n) is 15.9. The number of piperazine rings is 1. The lowest BCUT2D eigenvalue weighted by Crippen LogP contribution is -2.49. The van der Waals surface area contributed by atoms with E-state index in [2.05, 4.69) is 20.5 Å². The molecule has 2 N–H and O–H groups in total. The van der Waals surface area contributed by atoms with Crippen molar-refractivity contribution < 1.29 is 14.3 Å². The Bertz CT molecular complexity index is 623.